The van der Waals surface area contributed by atoms with Crippen LogP contribution in [0.4, 0.5) is 14.5 Å². The summed E-state index contributed by atoms with van der Waals surface area (Å²) in [5, 5.41) is 6.34. The summed E-state index contributed by atoms with van der Waals surface area (Å²) < 4.78 is 29.4. The number of hydrogen-bond donors (Lipinski definition) is 1. The summed E-state index contributed by atoms with van der Waals surface area (Å²) in [5.74, 6) is -1.93. The molecule has 0 bridgehead atoms. The maximum atomic E-state index is 13.7. The van der Waals surface area contributed by atoms with Crippen LogP contribution in [-0.4, -0.2) is 20.9 Å². The number of nitrogens with zero attached hydrogens (tertiary/aromatic N) is 2. The highest BCUT2D eigenvalue weighted by molar-refractivity contribution is 8.02. The molecule has 9 heteroatoms. The fraction of sp³-hybridized carbons (Fsp3) is 0.118. The van der Waals surface area contributed by atoms with Gasteiger partial charge in [-0.1, -0.05) is 41.3 Å². The zero-order valence-electron chi connectivity index (χ0n) is 13.5. The molecule has 3 aromatic rings. The van der Waals surface area contributed by atoms with Gasteiger partial charge < -0.3 is 5.32 Å². The second kappa shape index (κ2) is 8.07. The van der Waals surface area contributed by atoms with Gasteiger partial charge in [0, 0.05) is 6.07 Å². The van der Waals surface area contributed by atoms with E-state index in [-0.39, 0.29) is 5.69 Å². The van der Waals surface area contributed by atoms with E-state index in [2.05, 4.69) is 10.4 Å². The molecule has 0 spiro atoms. The molecule has 1 amide bonds. The number of aromatic nitrogens is 2. The van der Waals surface area contributed by atoms with Crippen molar-refractivity contribution in [3.63, 3.8) is 0 Å². The molecule has 1 N–H and O–H groups in total. The fourth-order valence-electron chi connectivity index (χ4n) is 2.07. The van der Waals surface area contributed by atoms with Crippen molar-refractivity contribution in [2.24, 2.45) is 0 Å². The van der Waals surface area contributed by atoms with Crippen molar-refractivity contribution in [2.45, 2.75) is 16.5 Å². The molecule has 0 radical (unpaired) electrons. The molecule has 1 heterocycles. The van der Waals surface area contributed by atoms with Crippen LogP contribution in [0.1, 0.15) is 6.92 Å². The molecule has 4 nitrogen and oxygen atoms in total. The fourth-order valence-corrected chi connectivity index (χ4v) is 4.58. The third-order valence-corrected chi connectivity index (χ3v) is 5.78. The molecule has 26 heavy (non-hydrogen) atoms. The lowest BCUT2D eigenvalue weighted by atomic mass is 10.3. The Bertz CT molecular complexity index is 988. The first kappa shape index (κ1) is 18.7. The van der Waals surface area contributed by atoms with Gasteiger partial charge in [0.25, 0.3) is 0 Å². The van der Waals surface area contributed by atoms with E-state index in [1.165, 1.54) is 29.2 Å². The maximum Gasteiger partial charge on any atom is 0.237 e. The highest BCUT2D eigenvalue weighted by atomic mass is 32.2. The normalized spacial score (nSPS) is 12.0. The third kappa shape index (κ3) is 4.35. The number of amides is 1. The van der Waals surface area contributed by atoms with Gasteiger partial charge in [-0.3, -0.25) is 4.79 Å². The Balaban J connectivity index is 1.71. The zero-order chi connectivity index (χ0) is 18.7. The van der Waals surface area contributed by atoms with E-state index in [0.717, 1.165) is 17.8 Å². The second-order valence-corrected chi connectivity index (χ2v) is 8.47. The quantitative estimate of drug-likeness (QED) is 0.473. The molecular weight excluding hydrogens is 396 g/mol. The third-order valence-electron chi connectivity index (χ3n) is 3.37. The summed E-state index contributed by atoms with van der Waals surface area (Å²) in [6, 6.07) is 12.4. The van der Waals surface area contributed by atoms with Crippen molar-refractivity contribution >= 4 is 46.9 Å². The Labute approximate surface area is 161 Å². The van der Waals surface area contributed by atoms with E-state index in [9.17, 15) is 13.6 Å². The number of benzene rings is 2. The Hall–Kier alpha value is -2.10. The zero-order valence-corrected chi connectivity index (χ0v) is 15.9. The van der Waals surface area contributed by atoms with Gasteiger partial charge in [-0.2, -0.15) is 0 Å². The van der Waals surface area contributed by atoms with Crippen molar-refractivity contribution in [3.05, 3.63) is 64.1 Å². The van der Waals surface area contributed by atoms with Crippen LogP contribution in [0.25, 0.3) is 5.69 Å². The highest BCUT2D eigenvalue weighted by Gasteiger charge is 2.19. The van der Waals surface area contributed by atoms with Crippen LogP contribution in [0.15, 0.2) is 52.9 Å². The predicted octanol–water partition coefficient (Wildman–Crippen LogP) is 5.06. The maximum absolute atomic E-state index is 13.7. The molecule has 0 unspecified atom stereocenters. The number of hydrogen-bond acceptors (Lipinski definition) is 5. The first-order valence-electron chi connectivity index (χ1n) is 7.52. The Morgan fingerprint density at radius 2 is 2.00 bits per heavy atom. The smallest absolute Gasteiger partial charge is 0.237 e. The molecular formula is C17H13F2N3OS3. The van der Waals surface area contributed by atoms with Crippen LogP contribution in [-0.2, 0) is 4.79 Å². The minimum absolute atomic E-state index is 0.0636. The molecule has 0 saturated heterocycles. The van der Waals surface area contributed by atoms with Crippen LogP contribution in [0.3, 0.4) is 0 Å². The summed E-state index contributed by atoms with van der Waals surface area (Å²) in [5.41, 5.74) is 0.775. The topological polar surface area (TPSA) is 46.9 Å². The minimum atomic E-state index is -0.820. The SMILES string of the molecule is C[C@@H](Sc1nn(-c2ccccc2)c(=S)s1)C(=O)Nc1ccc(F)cc1F. The first-order chi connectivity index (χ1) is 12.4. The first-order valence-corrected chi connectivity index (χ1v) is 9.62. The lowest BCUT2D eigenvalue weighted by Crippen LogP contribution is -2.23. The number of para-hydroxylation sites is 1. The van der Waals surface area contributed by atoms with Gasteiger partial charge in [-0.15, -0.1) is 5.10 Å². The molecule has 0 aliphatic heterocycles. The Morgan fingerprint density at radius 3 is 2.69 bits per heavy atom. The van der Waals surface area contributed by atoms with E-state index in [4.69, 9.17) is 12.2 Å². The van der Waals surface area contributed by atoms with Crippen molar-refractivity contribution < 1.29 is 13.6 Å². The van der Waals surface area contributed by atoms with Crippen LogP contribution in [0.2, 0.25) is 0 Å². The lowest BCUT2D eigenvalue weighted by Gasteiger charge is -2.11. The lowest BCUT2D eigenvalue weighted by molar-refractivity contribution is -0.115. The molecule has 134 valence electrons. The molecule has 0 aliphatic rings. The Morgan fingerprint density at radius 1 is 1.27 bits per heavy atom. The van der Waals surface area contributed by atoms with E-state index in [1.807, 2.05) is 30.3 Å². The molecule has 3 rings (SSSR count). The van der Waals surface area contributed by atoms with Gasteiger partial charge in [-0.25, -0.2) is 13.5 Å². The van der Waals surface area contributed by atoms with Crippen molar-refractivity contribution in [1.82, 2.24) is 9.78 Å². The van der Waals surface area contributed by atoms with Gasteiger partial charge in [0.05, 0.1) is 16.6 Å². The number of carbonyl (C=O) groups excluding carboxylic acids is 1. The van der Waals surface area contributed by atoms with Crippen LogP contribution >= 0.6 is 35.3 Å². The average Bonchev–Trinajstić information content (AvgIpc) is 2.98. The van der Waals surface area contributed by atoms with E-state index in [0.29, 0.717) is 8.29 Å². The average molecular weight is 410 g/mol. The number of carbonyl (C=O) groups is 1. The monoisotopic (exact) mass is 409 g/mol. The summed E-state index contributed by atoms with van der Waals surface area (Å²) in [7, 11) is 0. The number of thioether (sulfide) groups is 1. The number of anilines is 1. The molecule has 2 aromatic carbocycles. The molecule has 0 saturated carbocycles. The van der Waals surface area contributed by atoms with Gasteiger partial charge in [0.15, 0.2) is 8.29 Å². The van der Waals surface area contributed by atoms with Crippen LogP contribution in [0, 0.1) is 15.6 Å². The molecule has 1 atom stereocenters. The molecule has 1 aromatic heterocycles. The second-order valence-electron chi connectivity index (χ2n) is 5.25. The highest BCUT2D eigenvalue weighted by Crippen LogP contribution is 2.28. The Kier molecular flexibility index (Phi) is 5.80. The van der Waals surface area contributed by atoms with E-state index < -0.39 is 22.8 Å². The van der Waals surface area contributed by atoms with Crippen LogP contribution < -0.4 is 5.32 Å². The molecule has 0 fully saturated rings. The summed E-state index contributed by atoms with van der Waals surface area (Å²) >= 11 is 7.84. The van der Waals surface area contributed by atoms with E-state index >= 15 is 0 Å². The van der Waals surface area contributed by atoms with Gasteiger partial charge in [0.1, 0.15) is 11.6 Å². The number of rotatable bonds is 5. The van der Waals surface area contributed by atoms with Crippen LogP contribution in [0.5, 0.6) is 0 Å². The standard InChI is InChI=1S/C17H13F2N3OS3/c1-10(15(23)20-14-8-7-11(18)9-13(14)19)25-16-21-22(17(24)26-16)12-5-3-2-4-6-12/h2-10H,1H3,(H,20,23)/t10-/m1/s1. The molecule has 0 aliphatic carbocycles. The van der Waals surface area contributed by atoms with Crippen molar-refractivity contribution in [2.75, 3.05) is 5.32 Å². The largest absolute Gasteiger partial charge is 0.323 e. The van der Waals surface area contributed by atoms with E-state index in [1.54, 1.807) is 11.6 Å². The van der Waals surface area contributed by atoms with Gasteiger partial charge in [-0.05, 0) is 43.4 Å². The summed E-state index contributed by atoms with van der Waals surface area (Å²) in [4.78, 5) is 12.3. The summed E-state index contributed by atoms with van der Waals surface area (Å²) in [6.07, 6.45) is 0. The van der Waals surface area contributed by atoms with Crippen molar-refractivity contribution in [3.8, 4) is 5.69 Å². The van der Waals surface area contributed by atoms with Gasteiger partial charge in [0.2, 0.25) is 5.91 Å². The summed E-state index contributed by atoms with van der Waals surface area (Å²) in [6.45, 7) is 1.68. The van der Waals surface area contributed by atoms with Gasteiger partial charge >= 0.3 is 0 Å². The predicted molar refractivity (Wildman–Crippen MR) is 103 cm³/mol. The number of halogens is 2. The number of nitrogens with one attached hydrogen (secondary N) is 1. The minimum Gasteiger partial charge on any atom is -0.323 e. The van der Waals surface area contributed by atoms with Crippen molar-refractivity contribution in [1.29, 1.82) is 0 Å².